The average Bonchev–Trinajstić information content (AvgIpc) is 3.20. The Hall–Kier alpha value is -3.93. The Bertz CT molecular complexity index is 1500. The van der Waals surface area contributed by atoms with E-state index in [1.165, 1.54) is 46.1 Å². The third-order valence-corrected chi connectivity index (χ3v) is 8.74. The van der Waals surface area contributed by atoms with Gasteiger partial charge in [-0.05, 0) is 95.8 Å². The van der Waals surface area contributed by atoms with Crippen LogP contribution in [0, 0.1) is 0 Å². The lowest BCUT2D eigenvalue weighted by atomic mass is 9.89. The standard InChI is InChI=1S/C38H43NO4/c1-4-27-16-21-34-31(25-27)18-22-33-30(17-13-28-9-6-5-7-10-28)11-8-12-35(33)37(34)39(2)23-24-43-32-19-14-29(15-20-32)26-36(42-3)38(40)41/h5-12,14-16,19-21,25,36-37H,4,13,17-18,22-24,26H2,1-3H3,(H,40,41). The van der Waals surface area contributed by atoms with Gasteiger partial charge in [0.05, 0.1) is 6.04 Å². The van der Waals surface area contributed by atoms with E-state index in [0.29, 0.717) is 13.0 Å². The summed E-state index contributed by atoms with van der Waals surface area (Å²) >= 11 is 0. The molecule has 5 heteroatoms. The van der Waals surface area contributed by atoms with Crippen LogP contribution in [0.2, 0.25) is 0 Å². The Labute approximate surface area is 256 Å². The number of ether oxygens (including phenoxy) is 2. The van der Waals surface area contributed by atoms with Gasteiger partial charge in [-0.1, -0.05) is 85.8 Å². The van der Waals surface area contributed by atoms with Crippen molar-refractivity contribution in [2.45, 2.75) is 57.6 Å². The van der Waals surface area contributed by atoms with E-state index < -0.39 is 12.1 Å². The number of hydrogen-bond acceptors (Lipinski definition) is 4. The van der Waals surface area contributed by atoms with Crippen molar-refractivity contribution in [3.05, 3.63) is 136 Å². The van der Waals surface area contributed by atoms with Crippen molar-refractivity contribution in [3.8, 4) is 5.75 Å². The first kappa shape index (κ1) is 30.5. The molecule has 1 aliphatic rings. The number of aliphatic carboxylic acids is 1. The lowest BCUT2D eigenvalue weighted by molar-refractivity contribution is -0.148. The second kappa shape index (κ2) is 14.5. The zero-order valence-electron chi connectivity index (χ0n) is 25.6. The van der Waals surface area contributed by atoms with Crippen LogP contribution in [0.4, 0.5) is 0 Å². The highest BCUT2D eigenvalue weighted by Crippen LogP contribution is 2.38. The molecule has 0 saturated heterocycles. The molecule has 5 nitrogen and oxygen atoms in total. The van der Waals surface area contributed by atoms with Crippen molar-refractivity contribution >= 4 is 5.97 Å². The Kier molecular flexibility index (Phi) is 10.3. The summed E-state index contributed by atoms with van der Waals surface area (Å²) in [5, 5.41) is 9.27. The van der Waals surface area contributed by atoms with E-state index in [4.69, 9.17) is 9.47 Å². The molecule has 1 N–H and O–H groups in total. The first-order valence-electron chi connectivity index (χ1n) is 15.4. The molecule has 0 radical (unpaired) electrons. The Balaban J connectivity index is 1.33. The Morgan fingerprint density at radius 3 is 2.37 bits per heavy atom. The summed E-state index contributed by atoms with van der Waals surface area (Å²) < 4.78 is 11.2. The smallest absolute Gasteiger partial charge is 0.333 e. The normalized spacial score (nSPS) is 14.9. The fourth-order valence-electron chi connectivity index (χ4n) is 6.28. The molecule has 0 saturated carbocycles. The number of nitrogens with zero attached hydrogens (tertiary/aromatic N) is 1. The third-order valence-electron chi connectivity index (χ3n) is 8.74. The molecular formula is C38H43NO4. The number of carboxylic acids is 1. The summed E-state index contributed by atoms with van der Waals surface area (Å²) in [4.78, 5) is 13.7. The van der Waals surface area contributed by atoms with E-state index in [2.05, 4.69) is 85.6 Å². The second-order valence-corrected chi connectivity index (χ2v) is 11.5. The molecule has 224 valence electrons. The number of rotatable bonds is 13. The van der Waals surface area contributed by atoms with Gasteiger partial charge in [-0.15, -0.1) is 0 Å². The van der Waals surface area contributed by atoms with E-state index >= 15 is 0 Å². The highest BCUT2D eigenvalue weighted by molar-refractivity contribution is 5.72. The Morgan fingerprint density at radius 2 is 1.65 bits per heavy atom. The second-order valence-electron chi connectivity index (χ2n) is 11.5. The molecular weight excluding hydrogens is 534 g/mol. The van der Waals surface area contributed by atoms with Gasteiger partial charge in [0, 0.05) is 20.1 Å². The minimum atomic E-state index is -0.957. The number of methoxy groups -OCH3 is 1. The summed E-state index contributed by atoms with van der Waals surface area (Å²) in [5.74, 6) is -0.180. The van der Waals surface area contributed by atoms with Crippen LogP contribution in [0.15, 0.2) is 91.0 Å². The van der Waals surface area contributed by atoms with Crippen LogP contribution in [-0.4, -0.2) is 49.4 Å². The quantitative estimate of drug-likeness (QED) is 0.188. The predicted octanol–water partition coefficient (Wildman–Crippen LogP) is 6.88. The van der Waals surface area contributed by atoms with Crippen LogP contribution in [-0.2, 0) is 48.1 Å². The number of carboxylic acid groups (broad SMARTS) is 1. The van der Waals surface area contributed by atoms with Gasteiger partial charge in [-0.2, -0.15) is 0 Å². The Morgan fingerprint density at radius 1 is 0.884 bits per heavy atom. The monoisotopic (exact) mass is 577 g/mol. The largest absolute Gasteiger partial charge is 0.492 e. The lowest BCUT2D eigenvalue weighted by Gasteiger charge is -2.31. The van der Waals surface area contributed by atoms with Crippen molar-refractivity contribution in [2.24, 2.45) is 0 Å². The zero-order valence-corrected chi connectivity index (χ0v) is 25.6. The van der Waals surface area contributed by atoms with E-state index in [0.717, 1.165) is 50.0 Å². The number of benzene rings is 4. The van der Waals surface area contributed by atoms with Gasteiger partial charge in [0.25, 0.3) is 0 Å². The maximum atomic E-state index is 11.3. The van der Waals surface area contributed by atoms with Gasteiger partial charge >= 0.3 is 5.97 Å². The first-order valence-corrected chi connectivity index (χ1v) is 15.4. The average molecular weight is 578 g/mol. The van der Waals surface area contributed by atoms with Crippen LogP contribution in [0.5, 0.6) is 5.75 Å². The molecule has 2 atom stereocenters. The molecule has 0 bridgehead atoms. The van der Waals surface area contributed by atoms with Crippen LogP contribution in [0.1, 0.15) is 57.5 Å². The molecule has 0 aromatic heterocycles. The van der Waals surface area contributed by atoms with Gasteiger partial charge < -0.3 is 14.6 Å². The van der Waals surface area contributed by atoms with Gasteiger partial charge in [-0.3, -0.25) is 4.90 Å². The predicted molar refractivity (Wildman–Crippen MR) is 172 cm³/mol. The maximum absolute atomic E-state index is 11.3. The highest BCUT2D eigenvalue weighted by atomic mass is 16.5. The molecule has 1 aliphatic carbocycles. The van der Waals surface area contributed by atoms with Crippen molar-refractivity contribution in [2.75, 3.05) is 27.3 Å². The van der Waals surface area contributed by atoms with Gasteiger partial charge in [0.15, 0.2) is 6.10 Å². The molecule has 4 aromatic carbocycles. The van der Waals surface area contributed by atoms with E-state index in [1.54, 1.807) is 0 Å². The molecule has 0 fully saturated rings. The number of carbonyl (C=O) groups is 1. The number of hydrogen-bond donors (Lipinski definition) is 1. The van der Waals surface area contributed by atoms with Crippen molar-refractivity contribution in [1.82, 2.24) is 4.90 Å². The fraction of sp³-hybridized carbons (Fsp3) is 0.342. The molecule has 0 amide bonds. The van der Waals surface area contributed by atoms with E-state index in [-0.39, 0.29) is 6.04 Å². The summed E-state index contributed by atoms with van der Waals surface area (Å²) in [7, 11) is 3.63. The first-order chi connectivity index (χ1) is 21.0. The summed E-state index contributed by atoms with van der Waals surface area (Å²) in [6.07, 6.45) is 4.70. The van der Waals surface area contributed by atoms with Crippen LogP contribution in [0.3, 0.4) is 0 Å². The van der Waals surface area contributed by atoms with Gasteiger partial charge in [0.2, 0.25) is 0 Å². The topological polar surface area (TPSA) is 59.0 Å². The maximum Gasteiger partial charge on any atom is 0.333 e. The third kappa shape index (κ3) is 7.54. The van der Waals surface area contributed by atoms with Crippen molar-refractivity contribution in [3.63, 3.8) is 0 Å². The number of aryl methyl sites for hydroxylation is 4. The molecule has 43 heavy (non-hydrogen) atoms. The molecule has 5 rings (SSSR count). The van der Waals surface area contributed by atoms with Gasteiger partial charge in [0.1, 0.15) is 12.4 Å². The number of likely N-dealkylation sites (N-methyl/N-ethyl adjacent to an activating group) is 1. The fourth-order valence-corrected chi connectivity index (χ4v) is 6.28. The molecule has 0 aliphatic heterocycles. The van der Waals surface area contributed by atoms with Crippen LogP contribution < -0.4 is 4.74 Å². The van der Waals surface area contributed by atoms with Gasteiger partial charge in [-0.25, -0.2) is 4.79 Å². The van der Waals surface area contributed by atoms with E-state index in [1.807, 2.05) is 24.3 Å². The summed E-state index contributed by atoms with van der Waals surface area (Å²) in [5.41, 5.74) is 10.9. The summed E-state index contributed by atoms with van der Waals surface area (Å²) in [6, 6.07) is 32.5. The van der Waals surface area contributed by atoms with Crippen molar-refractivity contribution in [1.29, 1.82) is 0 Å². The SMILES string of the molecule is CCc1ccc2c(c1)CCc1c(CCc3ccccc3)cccc1C2N(C)CCOc1ccc(CC(OC)C(=O)O)cc1. The highest BCUT2D eigenvalue weighted by Gasteiger charge is 2.28. The zero-order chi connectivity index (χ0) is 30.2. The van der Waals surface area contributed by atoms with Crippen LogP contribution in [0.25, 0.3) is 0 Å². The van der Waals surface area contributed by atoms with Crippen molar-refractivity contribution < 1.29 is 19.4 Å². The summed E-state index contributed by atoms with van der Waals surface area (Å²) in [6.45, 7) is 3.54. The molecule has 0 spiro atoms. The minimum Gasteiger partial charge on any atom is -0.492 e. The minimum absolute atomic E-state index is 0.156. The molecule has 4 aromatic rings. The number of fused-ring (bicyclic) bond motifs is 2. The lowest BCUT2D eigenvalue weighted by Crippen LogP contribution is -2.30. The van der Waals surface area contributed by atoms with Crippen LogP contribution >= 0.6 is 0 Å². The van der Waals surface area contributed by atoms with E-state index in [9.17, 15) is 9.90 Å². The molecule has 2 unspecified atom stereocenters. The molecule has 0 heterocycles.